The fourth-order valence-corrected chi connectivity index (χ4v) is 2.05. The number of halogens is 1. The second-order valence-electron chi connectivity index (χ2n) is 4.65. The van der Waals surface area contributed by atoms with E-state index in [2.05, 4.69) is 10.1 Å². The SMILES string of the molecule is CC1C(Cl)=NN(C(=O)c2ccncc2)C1(C)C. The minimum absolute atomic E-state index is 0.0370. The number of carbonyl (C=O) groups excluding carboxylic acids is 1. The molecule has 1 aromatic rings. The highest BCUT2D eigenvalue weighted by Gasteiger charge is 2.44. The summed E-state index contributed by atoms with van der Waals surface area (Å²) in [5, 5.41) is 6.07. The van der Waals surface area contributed by atoms with Crippen molar-refractivity contribution in [1.82, 2.24) is 9.99 Å². The van der Waals surface area contributed by atoms with Gasteiger partial charge in [0.25, 0.3) is 5.91 Å². The van der Waals surface area contributed by atoms with Crippen LogP contribution in [0.4, 0.5) is 0 Å². The van der Waals surface area contributed by atoms with Crippen molar-refractivity contribution in [3.8, 4) is 0 Å². The maximum Gasteiger partial charge on any atom is 0.274 e. The Kier molecular flexibility index (Phi) is 2.91. The number of amides is 1. The Morgan fingerprint density at radius 3 is 2.47 bits per heavy atom. The first-order valence-electron chi connectivity index (χ1n) is 5.43. The molecule has 1 aliphatic rings. The van der Waals surface area contributed by atoms with E-state index in [-0.39, 0.29) is 11.8 Å². The Bertz CT molecular complexity index is 470. The third kappa shape index (κ3) is 1.93. The largest absolute Gasteiger partial charge is 0.274 e. The van der Waals surface area contributed by atoms with Gasteiger partial charge in [0.1, 0.15) is 5.17 Å². The van der Waals surface area contributed by atoms with Gasteiger partial charge in [0.05, 0.1) is 5.54 Å². The van der Waals surface area contributed by atoms with E-state index in [0.29, 0.717) is 10.7 Å². The van der Waals surface area contributed by atoms with E-state index >= 15 is 0 Å². The lowest BCUT2D eigenvalue weighted by Crippen LogP contribution is -2.45. The molecule has 1 aliphatic heterocycles. The standard InChI is InChI=1S/C12H14ClN3O/c1-8-10(13)15-16(12(8,2)3)11(17)9-4-6-14-7-5-9/h4-8H,1-3H3. The summed E-state index contributed by atoms with van der Waals surface area (Å²) in [6.07, 6.45) is 3.18. The van der Waals surface area contributed by atoms with Gasteiger partial charge in [0.15, 0.2) is 0 Å². The molecule has 1 amide bonds. The smallest absolute Gasteiger partial charge is 0.267 e. The number of carbonyl (C=O) groups is 1. The molecule has 2 heterocycles. The number of hydrogen-bond donors (Lipinski definition) is 0. The second-order valence-corrected chi connectivity index (χ2v) is 5.04. The fourth-order valence-electron chi connectivity index (χ4n) is 1.71. The first-order valence-corrected chi connectivity index (χ1v) is 5.81. The lowest BCUT2D eigenvalue weighted by atomic mass is 9.90. The molecule has 0 spiro atoms. The van der Waals surface area contributed by atoms with Crippen molar-refractivity contribution < 1.29 is 4.79 Å². The molecule has 0 aliphatic carbocycles. The van der Waals surface area contributed by atoms with Crippen LogP contribution >= 0.6 is 11.6 Å². The summed E-state index contributed by atoms with van der Waals surface area (Å²) in [5.74, 6) is -0.116. The summed E-state index contributed by atoms with van der Waals surface area (Å²) >= 11 is 6.02. The highest BCUT2D eigenvalue weighted by Crippen LogP contribution is 2.34. The number of hydrogen-bond acceptors (Lipinski definition) is 3. The van der Waals surface area contributed by atoms with Gasteiger partial charge in [-0.2, -0.15) is 5.10 Å². The second kappa shape index (κ2) is 4.11. The summed E-state index contributed by atoms with van der Waals surface area (Å²) in [6.45, 7) is 5.87. The van der Waals surface area contributed by atoms with Gasteiger partial charge in [0.2, 0.25) is 0 Å². The lowest BCUT2D eigenvalue weighted by Gasteiger charge is -2.32. The number of aromatic nitrogens is 1. The van der Waals surface area contributed by atoms with E-state index in [0.717, 1.165) is 0 Å². The van der Waals surface area contributed by atoms with Crippen LogP contribution in [0.25, 0.3) is 0 Å². The molecule has 90 valence electrons. The van der Waals surface area contributed by atoms with Crippen LogP contribution < -0.4 is 0 Å². The maximum atomic E-state index is 12.3. The summed E-state index contributed by atoms with van der Waals surface area (Å²) in [7, 11) is 0. The van der Waals surface area contributed by atoms with Gasteiger partial charge in [-0.1, -0.05) is 18.5 Å². The fraction of sp³-hybridized carbons (Fsp3) is 0.417. The van der Waals surface area contributed by atoms with E-state index in [4.69, 9.17) is 11.6 Å². The number of rotatable bonds is 1. The number of hydrazone groups is 1. The van der Waals surface area contributed by atoms with Gasteiger partial charge in [-0.25, -0.2) is 5.01 Å². The number of nitrogens with zero attached hydrogens (tertiary/aromatic N) is 3. The van der Waals surface area contributed by atoms with Crippen molar-refractivity contribution in [3.05, 3.63) is 30.1 Å². The van der Waals surface area contributed by atoms with E-state index in [1.807, 2.05) is 20.8 Å². The van der Waals surface area contributed by atoms with Gasteiger partial charge in [-0.3, -0.25) is 9.78 Å². The first kappa shape index (κ1) is 12.0. The van der Waals surface area contributed by atoms with Crippen molar-refractivity contribution in [1.29, 1.82) is 0 Å². The Morgan fingerprint density at radius 1 is 1.41 bits per heavy atom. The van der Waals surface area contributed by atoms with Crippen LogP contribution in [0.5, 0.6) is 0 Å². The molecule has 1 atom stereocenters. The molecule has 0 fully saturated rings. The molecule has 0 bridgehead atoms. The van der Waals surface area contributed by atoms with E-state index in [1.54, 1.807) is 24.5 Å². The summed E-state index contributed by atoms with van der Waals surface area (Å²) < 4.78 is 0. The molecule has 1 aromatic heterocycles. The minimum Gasteiger partial charge on any atom is -0.267 e. The van der Waals surface area contributed by atoms with Crippen LogP contribution in [0, 0.1) is 5.92 Å². The lowest BCUT2D eigenvalue weighted by molar-refractivity contribution is 0.0560. The molecule has 0 saturated heterocycles. The highest BCUT2D eigenvalue weighted by atomic mass is 35.5. The summed E-state index contributed by atoms with van der Waals surface area (Å²) in [4.78, 5) is 16.2. The summed E-state index contributed by atoms with van der Waals surface area (Å²) in [6, 6.07) is 3.34. The van der Waals surface area contributed by atoms with E-state index < -0.39 is 5.54 Å². The Labute approximate surface area is 105 Å². The van der Waals surface area contributed by atoms with Crippen LogP contribution in [0.2, 0.25) is 0 Å². The monoisotopic (exact) mass is 251 g/mol. The van der Waals surface area contributed by atoms with Crippen molar-refractivity contribution in [2.75, 3.05) is 0 Å². The maximum absolute atomic E-state index is 12.3. The van der Waals surface area contributed by atoms with E-state index in [9.17, 15) is 4.79 Å². The highest BCUT2D eigenvalue weighted by molar-refractivity contribution is 6.66. The molecule has 17 heavy (non-hydrogen) atoms. The molecule has 5 heteroatoms. The zero-order valence-electron chi connectivity index (χ0n) is 10.0. The van der Waals surface area contributed by atoms with Gasteiger partial charge in [-0.05, 0) is 26.0 Å². The molecule has 2 rings (SSSR count). The van der Waals surface area contributed by atoms with Crippen molar-refractivity contribution >= 4 is 22.7 Å². The number of pyridine rings is 1. The average molecular weight is 252 g/mol. The molecule has 0 radical (unpaired) electrons. The normalized spacial score (nSPS) is 22.5. The third-order valence-corrected chi connectivity index (χ3v) is 3.68. The molecule has 0 saturated carbocycles. The van der Waals surface area contributed by atoms with Crippen LogP contribution in [0.15, 0.2) is 29.6 Å². The van der Waals surface area contributed by atoms with E-state index in [1.165, 1.54) is 5.01 Å². The minimum atomic E-state index is -0.405. The first-order chi connectivity index (χ1) is 7.94. The quantitative estimate of drug-likeness (QED) is 0.770. The van der Waals surface area contributed by atoms with Crippen LogP contribution in [0.1, 0.15) is 31.1 Å². The van der Waals surface area contributed by atoms with Crippen LogP contribution in [-0.4, -0.2) is 26.6 Å². The predicted molar refractivity (Wildman–Crippen MR) is 66.9 cm³/mol. The molecule has 4 nitrogen and oxygen atoms in total. The molecule has 0 N–H and O–H groups in total. The average Bonchev–Trinajstić information content (AvgIpc) is 2.53. The van der Waals surface area contributed by atoms with Crippen LogP contribution in [-0.2, 0) is 0 Å². The molecule has 1 unspecified atom stereocenters. The van der Waals surface area contributed by atoms with Gasteiger partial charge >= 0.3 is 0 Å². The Hall–Kier alpha value is -1.42. The van der Waals surface area contributed by atoms with Crippen molar-refractivity contribution in [2.45, 2.75) is 26.3 Å². The predicted octanol–water partition coefficient (Wildman–Crippen LogP) is 2.50. The Balaban J connectivity index is 2.34. The summed E-state index contributed by atoms with van der Waals surface area (Å²) in [5.41, 5.74) is 0.160. The molecular formula is C12H14ClN3O. The van der Waals surface area contributed by atoms with Crippen molar-refractivity contribution in [3.63, 3.8) is 0 Å². The van der Waals surface area contributed by atoms with Crippen molar-refractivity contribution in [2.24, 2.45) is 11.0 Å². The zero-order chi connectivity index (χ0) is 12.6. The zero-order valence-corrected chi connectivity index (χ0v) is 10.8. The Morgan fingerprint density at radius 2 is 2.00 bits per heavy atom. The molecular weight excluding hydrogens is 238 g/mol. The topological polar surface area (TPSA) is 45.6 Å². The molecule has 0 aromatic carbocycles. The van der Waals surface area contributed by atoms with Crippen LogP contribution in [0.3, 0.4) is 0 Å². The third-order valence-electron chi connectivity index (χ3n) is 3.28. The van der Waals surface area contributed by atoms with Gasteiger partial charge in [-0.15, -0.1) is 0 Å². The van der Waals surface area contributed by atoms with Gasteiger partial charge in [0, 0.05) is 23.9 Å². The van der Waals surface area contributed by atoms with Gasteiger partial charge < -0.3 is 0 Å².